The van der Waals surface area contributed by atoms with E-state index in [9.17, 15) is 14.0 Å². The van der Waals surface area contributed by atoms with Crippen LogP contribution in [-0.2, 0) is 16.0 Å². The minimum Gasteiger partial charge on any atom is -0.326 e. The molecule has 1 heterocycles. The number of nitrogens with one attached hydrogen (secondary N) is 1. The highest BCUT2D eigenvalue weighted by molar-refractivity contribution is 5.97. The van der Waals surface area contributed by atoms with Crippen molar-refractivity contribution in [3.8, 4) is 0 Å². The van der Waals surface area contributed by atoms with Crippen LogP contribution >= 0.6 is 0 Å². The molecule has 0 saturated heterocycles. The molecule has 2 amide bonds. The molecule has 1 saturated carbocycles. The van der Waals surface area contributed by atoms with Gasteiger partial charge in [-0.3, -0.25) is 9.59 Å². The number of nitrogens with zero attached hydrogens (tertiary/aromatic N) is 1. The molecule has 4 rings (SSSR count). The third-order valence-corrected chi connectivity index (χ3v) is 5.05. The molecule has 2 aromatic carbocycles. The Bertz CT molecular complexity index is 865. The van der Waals surface area contributed by atoms with E-state index < -0.39 is 0 Å². The van der Waals surface area contributed by atoms with Crippen molar-refractivity contribution in [1.29, 1.82) is 0 Å². The fraction of sp³-hybridized carbons (Fsp3) is 0.300. The van der Waals surface area contributed by atoms with Crippen LogP contribution < -0.4 is 10.2 Å². The Morgan fingerprint density at radius 2 is 2.00 bits per heavy atom. The van der Waals surface area contributed by atoms with Crippen LogP contribution in [0.5, 0.6) is 0 Å². The number of benzene rings is 2. The smallest absolute Gasteiger partial charge is 0.228 e. The van der Waals surface area contributed by atoms with Gasteiger partial charge in [0.25, 0.3) is 0 Å². The third kappa shape index (κ3) is 2.90. The first-order valence-corrected chi connectivity index (χ1v) is 8.51. The van der Waals surface area contributed by atoms with Gasteiger partial charge in [-0.05, 0) is 54.2 Å². The summed E-state index contributed by atoms with van der Waals surface area (Å²) in [5.74, 6) is -0.511. The van der Waals surface area contributed by atoms with Crippen LogP contribution in [0.4, 0.5) is 15.8 Å². The Labute approximate surface area is 145 Å². The minimum absolute atomic E-state index is 0.0289. The quantitative estimate of drug-likeness (QED) is 0.931. The second-order valence-corrected chi connectivity index (χ2v) is 6.72. The molecule has 1 N–H and O–H groups in total. The van der Waals surface area contributed by atoms with Gasteiger partial charge >= 0.3 is 0 Å². The summed E-state index contributed by atoms with van der Waals surface area (Å²) in [6, 6.07) is 12.3. The first kappa shape index (κ1) is 15.8. The molecule has 4 nitrogen and oxygen atoms in total. The Hall–Kier alpha value is -2.69. The summed E-state index contributed by atoms with van der Waals surface area (Å²) in [5, 5.41) is 2.93. The largest absolute Gasteiger partial charge is 0.326 e. The zero-order valence-electron chi connectivity index (χ0n) is 14.0. The van der Waals surface area contributed by atoms with Gasteiger partial charge in [0.15, 0.2) is 0 Å². The van der Waals surface area contributed by atoms with E-state index >= 15 is 0 Å². The zero-order chi connectivity index (χ0) is 17.6. The minimum atomic E-state index is -0.246. The van der Waals surface area contributed by atoms with Crippen molar-refractivity contribution in [3.05, 3.63) is 59.4 Å². The Balaban J connectivity index is 1.45. The summed E-state index contributed by atoms with van der Waals surface area (Å²) < 4.78 is 13.8. The maximum atomic E-state index is 13.8. The van der Waals surface area contributed by atoms with Crippen LogP contribution in [0.2, 0.25) is 0 Å². The lowest BCUT2D eigenvalue weighted by Gasteiger charge is -2.15. The molecule has 0 radical (unpaired) electrons. The molecular formula is C20H19FN2O2. The van der Waals surface area contributed by atoms with Gasteiger partial charge in [-0.2, -0.15) is 0 Å². The van der Waals surface area contributed by atoms with Gasteiger partial charge < -0.3 is 10.2 Å². The van der Waals surface area contributed by atoms with Gasteiger partial charge in [0.2, 0.25) is 11.8 Å². The topological polar surface area (TPSA) is 49.4 Å². The van der Waals surface area contributed by atoms with Crippen LogP contribution in [0.15, 0.2) is 42.5 Å². The van der Waals surface area contributed by atoms with Gasteiger partial charge in [0, 0.05) is 30.8 Å². The summed E-state index contributed by atoms with van der Waals surface area (Å²) in [5.41, 5.74) is 3.33. The van der Waals surface area contributed by atoms with E-state index in [-0.39, 0.29) is 29.5 Å². The number of anilines is 2. The number of carbonyl (C=O) groups is 2. The van der Waals surface area contributed by atoms with E-state index in [0.29, 0.717) is 18.5 Å². The number of hydrogen-bond donors (Lipinski definition) is 1. The Kier molecular flexibility index (Phi) is 3.79. The predicted molar refractivity (Wildman–Crippen MR) is 94.1 cm³/mol. The van der Waals surface area contributed by atoms with E-state index in [1.54, 1.807) is 30.0 Å². The summed E-state index contributed by atoms with van der Waals surface area (Å²) >= 11 is 0. The van der Waals surface area contributed by atoms with Gasteiger partial charge in [0.1, 0.15) is 5.82 Å². The molecule has 1 aliphatic carbocycles. The fourth-order valence-corrected chi connectivity index (χ4v) is 3.65. The highest BCUT2D eigenvalue weighted by Gasteiger charge is 2.45. The first-order valence-electron chi connectivity index (χ1n) is 8.51. The van der Waals surface area contributed by atoms with Crippen LogP contribution in [-0.4, -0.2) is 18.4 Å². The molecule has 2 unspecified atom stereocenters. The van der Waals surface area contributed by atoms with Gasteiger partial charge in [0.05, 0.1) is 0 Å². The number of amides is 2. The van der Waals surface area contributed by atoms with Crippen molar-refractivity contribution in [2.75, 3.05) is 16.8 Å². The average molecular weight is 338 g/mol. The second kappa shape index (κ2) is 5.99. The molecule has 25 heavy (non-hydrogen) atoms. The molecule has 5 heteroatoms. The van der Waals surface area contributed by atoms with Crippen molar-refractivity contribution < 1.29 is 14.0 Å². The van der Waals surface area contributed by atoms with Crippen molar-refractivity contribution >= 4 is 23.2 Å². The molecule has 0 aromatic heterocycles. The molecule has 2 aliphatic rings. The van der Waals surface area contributed by atoms with Crippen molar-refractivity contribution in [3.63, 3.8) is 0 Å². The molecule has 0 bridgehead atoms. The lowest BCUT2D eigenvalue weighted by atomic mass is 10.1. The average Bonchev–Trinajstić information content (AvgIpc) is 3.27. The molecular weight excluding hydrogens is 319 g/mol. The van der Waals surface area contributed by atoms with Gasteiger partial charge in [-0.25, -0.2) is 4.39 Å². The molecule has 1 fully saturated rings. The monoisotopic (exact) mass is 338 g/mol. The van der Waals surface area contributed by atoms with Crippen molar-refractivity contribution in [2.45, 2.75) is 25.7 Å². The third-order valence-electron chi connectivity index (χ3n) is 5.05. The second-order valence-electron chi connectivity index (χ2n) is 6.72. The van der Waals surface area contributed by atoms with Crippen LogP contribution in [0.3, 0.4) is 0 Å². The lowest BCUT2D eigenvalue weighted by molar-refractivity contribution is -0.117. The summed E-state index contributed by atoms with van der Waals surface area (Å²) in [6.45, 7) is 2.24. The van der Waals surface area contributed by atoms with Crippen molar-refractivity contribution in [1.82, 2.24) is 0 Å². The van der Waals surface area contributed by atoms with Gasteiger partial charge in [-0.1, -0.05) is 18.2 Å². The zero-order valence-corrected chi connectivity index (χ0v) is 14.0. The van der Waals surface area contributed by atoms with E-state index in [1.807, 2.05) is 18.2 Å². The van der Waals surface area contributed by atoms with Crippen LogP contribution in [0, 0.1) is 11.7 Å². The maximum Gasteiger partial charge on any atom is 0.228 e. The molecule has 128 valence electrons. The Morgan fingerprint density at radius 3 is 2.76 bits per heavy atom. The number of rotatable bonds is 3. The Morgan fingerprint density at radius 1 is 1.20 bits per heavy atom. The first-order chi connectivity index (χ1) is 12.0. The standard InChI is InChI=1S/C20H19FN2O2/c1-12(24)23-9-8-13-10-14(6-7-19(13)23)22-20(25)17-11-16(17)15-4-2-3-5-18(15)21/h2-7,10,16-17H,8-9,11H2,1H3,(H,22,25). The summed E-state index contributed by atoms with van der Waals surface area (Å²) in [4.78, 5) is 25.8. The van der Waals surface area contributed by atoms with E-state index in [4.69, 9.17) is 0 Å². The molecule has 1 aliphatic heterocycles. The highest BCUT2D eigenvalue weighted by Crippen LogP contribution is 2.48. The molecule has 0 spiro atoms. The SMILES string of the molecule is CC(=O)N1CCc2cc(NC(=O)C3CC3c3ccccc3F)ccc21. The lowest BCUT2D eigenvalue weighted by Crippen LogP contribution is -2.25. The van der Waals surface area contributed by atoms with Crippen molar-refractivity contribution in [2.24, 2.45) is 5.92 Å². The van der Waals surface area contributed by atoms with Crippen LogP contribution in [0.25, 0.3) is 0 Å². The molecule has 2 aromatic rings. The number of halogens is 1. The van der Waals surface area contributed by atoms with E-state index in [1.165, 1.54) is 6.07 Å². The highest BCUT2D eigenvalue weighted by atomic mass is 19.1. The van der Waals surface area contributed by atoms with E-state index in [2.05, 4.69) is 5.32 Å². The van der Waals surface area contributed by atoms with Crippen LogP contribution in [0.1, 0.15) is 30.4 Å². The normalized spacial score (nSPS) is 21.0. The summed E-state index contributed by atoms with van der Waals surface area (Å²) in [7, 11) is 0. The van der Waals surface area contributed by atoms with E-state index in [0.717, 1.165) is 23.4 Å². The van der Waals surface area contributed by atoms with Gasteiger partial charge in [-0.15, -0.1) is 0 Å². The number of hydrogen-bond acceptors (Lipinski definition) is 2. The predicted octanol–water partition coefficient (Wildman–Crippen LogP) is 3.48. The summed E-state index contributed by atoms with van der Waals surface area (Å²) in [6.07, 6.45) is 1.47. The number of fused-ring (bicyclic) bond motifs is 1. The number of carbonyl (C=O) groups excluding carboxylic acids is 2. The molecule has 2 atom stereocenters. The fourth-order valence-electron chi connectivity index (χ4n) is 3.65. The maximum absolute atomic E-state index is 13.8.